The van der Waals surface area contributed by atoms with Crippen molar-refractivity contribution in [2.24, 2.45) is 0 Å². The van der Waals surface area contributed by atoms with Crippen LogP contribution >= 0.6 is 12.2 Å². The molecule has 38 heavy (non-hydrogen) atoms. The molecule has 1 aromatic heterocycles. The monoisotopic (exact) mass is 537 g/mol. The minimum absolute atomic E-state index is 0.122. The van der Waals surface area contributed by atoms with Crippen LogP contribution in [0.3, 0.4) is 0 Å². The van der Waals surface area contributed by atoms with Gasteiger partial charge in [-0.15, -0.1) is 0 Å². The summed E-state index contributed by atoms with van der Waals surface area (Å²) in [5, 5.41) is 4.11. The summed E-state index contributed by atoms with van der Waals surface area (Å²) in [7, 11) is 3.29. The lowest BCUT2D eigenvalue weighted by Gasteiger charge is -2.34. The van der Waals surface area contributed by atoms with Gasteiger partial charge in [0, 0.05) is 37.8 Å². The number of piperidine rings is 1. The van der Waals surface area contributed by atoms with Gasteiger partial charge in [0.2, 0.25) is 0 Å². The van der Waals surface area contributed by atoms with Crippen LogP contribution in [0.1, 0.15) is 43.7 Å². The molecular weight excluding hydrogens is 498 g/mol. The minimum atomic E-state index is 0.122. The maximum Gasteiger partial charge on any atom is 0.329 e. The number of nitrogens with one attached hydrogen (secondary N) is 1. The fourth-order valence-corrected chi connectivity index (χ4v) is 6.22. The Morgan fingerprint density at radius 3 is 2.39 bits per heavy atom. The molecule has 0 saturated carbocycles. The summed E-state index contributed by atoms with van der Waals surface area (Å²) in [5.74, 6) is 1.43. The maximum absolute atomic E-state index is 13.6. The Balaban J connectivity index is 1.22. The molecule has 204 valence electrons. The van der Waals surface area contributed by atoms with Gasteiger partial charge in [0.15, 0.2) is 16.6 Å². The molecule has 0 atom stereocenters. The molecule has 2 aliphatic rings. The lowest BCUT2D eigenvalue weighted by atomic mass is 10.0. The van der Waals surface area contributed by atoms with Gasteiger partial charge in [-0.1, -0.05) is 24.3 Å². The number of aromatic nitrogens is 2. The number of hydrogen-bond acceptors (Lipinski definition) is 5. The van der Waals surface area contributed by atoms with Crippen molar-refractivity contribution >= 4 is 28.4 Å². The van der Waals surface area contributed by atoms with E-state index >= 15 is 0 Å². The Bertz CT molecular complexity index is 1310. The highest BCUT2D eigenvalue weighted by Crippen LogP contribution is 2.31. The molecule has 1 N–H and O–H groups in total. The van der Waals surface area contributed by atoms with Crippen molar-refractivity contribution in [3.8, 4) is 11.5 Å². The number of para-hydroxylation sites is 3. The van der Waals surface area contributed by atoms with Crippen LogP contribution in [0.15, 0.2) is 47.3 Å². The van der Waals surface area contributed by atoms with Crippen molar-refractivity contribution in [2.45, 2.75) is 51.2 Å². The molecule has 2 aromatic carbocycles. The second-order valence-electron chi connectivity index (χ2n) is 10.2. The molecule has 9 heteroatoms. The van der Waals surface area contributed by atoms with Crippen molar-refractivity contribution < 1.29 is 9.47 Å². The third-order valence-corrected chi connectivity index (χ3v) is 8.36. The number of rotatable bonds is 9. The molecule has 3 aromatic rings. The zero-order valence-corrected chi connectivity index (χ0v) is 23.3. The minimum Gasteiger partial charge on any atom is -0.493 e. The van der Waals surface area contributed by atoms with Crippen LogP contribution in [0.5, 0.6) is 11.5 Å². The van der Waals surface area contributed by atoms with Gasteiger partial charge in [-0.05, 0) is 82.2 Å². The van der Waals surface area contributed by atoms with Gasteiger partial charge < -0.3 is 24.6 Å². The van der Waals surface area contributed by atoms with Crippen LogP contribution in [0.25, 0.3) is 11.0 Å². The van der Waals surface area contributed by atoms with E-state index in [1.54, 1.807) is 14.2 Å². The van der Waals surface area contributed by atoms with Gasteiger partial charge in [-0.2, -0.15) is 0 Å². The topological polar surface area (TPSA) is 63.9 Å². The number of methoxy groups -OCH3 is 2. The van der Waals surface area contributed by atoms with Crippen LogP contribution in [-0.4, -0.2) is 71.0 Å². The summed E-state index contributed by atoms with van der Waals surface area (Å²) >= 11 is 5.74. The van der Waals surface area contributed by atoms with E-state index < -0.39 is 0 Å². The average molecular weight is 538 g/mol. The van der Waals surface area contributed by atoms with E-state index in [4.69, 9.17) is 21.7 Å². The van der Waals surface area contributed by atoms with Gasteiger partial charge in [-0.3, -0.25) is 9.13 Å². The summed E-state index contributed by atoms with van der Waals surface area (Å²) in [6.45, 7) is 6.40. The smallest absolute Gasteiger partial charge is 0.329 e. The summed E-state index contributed by atoms with van der Waals surface area (Å²) in [6, 6.07) is 14.3. The van der Waals surface area contributed by atoms with Crippen molar-refractivity contribution in [3.05, 3.63) is 58.5 Å². The van der Waals surface area contributed by atoms with Gasteiger partial charge in [0.25, 0.3) is 0 Å². The van der Waals surface area contributed by atoms with Crippen LogP contribution in [-0.2, 0) is 13.1 Å². The molecule has 2 saturated heterocycles. The first-order valence-corrected chi connectivity index (χ1v) is 14.2. The largest absolute Gasteiger partial charge is 0.493 e. The number of likely N-dealkylation sites (tertiary alicyclic amines) is 2. The van der Waals surface area contributed by atoms with E-state index in [2.05, 4.69) is 27.2 Å². The standard InChI is InChI=1S/C29H39N5O3S/c1-36-26-12-7-9-22(27(26)37-2)21-30-28(38)32-19-13-23(14-20-32)34-25-11-4-3-10-24(25)33(29(34)35)18-8-17-31-15-5-6-16-31/h3-4,7,9-12,23H,5-6,8,13-21H2,1-2H3,(H,30,38). The zero-order chi connectivity index (χ0) is 26.5. The molecule has 0 radical (unpaired) electrons. The van der Waals surface area contributed by atoms with E-state index in [0.29, 0.717) is 12.3 Å². The second kappa shape index (κ2) is 12.2. The fraction of sp³-hybridized carbons (Fsp3) is 0.517. The number of benzene rings is 2. The molecular formula is C29H39N5O3S. The predicted molar refractivity (Wildman–Crippen MR) is 155 cm³/mol. The lowest BCUT2D eigenvalue weighted by Crippen LogP contribution is -2.45. The van der Waals surface area contributed by atoms with Gasteiger partial charge in [-0.25, -0.2) is 4.79 Å². The van der Waals surface area contributed by atoms with Gasteiger partial charge >= 0.3 is 5.69 Å². The first-order valence-electron chi connectivity index (χ1n) is 13.8. The van der Waals surface area contributed by atoms with E-state index in [1.165, 1.54) is 25.9 Å². The highest BCUT2D eigenvalue weighted by Gasteiger charge is 2.26. The summed E-state index contributed by atoms with van der Waals surface area (Å²) < 4.78 is 15.0. The maximum atomic E-state index is 13.6. The van der Waals surface area contributed by atoms with Crippen molar-refractivity contribution in [1.82, 2.24) is 24.3 Å². The Morgan fingerprint density at radius 2 is 1.68 bits per heavy atom. The SMILES string of the molecule is COc1cccc(CNC(=S)N2CCC(n3c(=O)n(CCCN4CCCC4)c4ccccc43)CC2)c1OC. The van der Waals surface area contributed by atoms with Gasteiger partial charge in [0.05, 0.1) is 25.3 Å². The van der Waals surface area contributed by atoms with Crippen LogP contribution in [0.2, 0.25) is 0 Å². The molecule has 0 unspecified atom stereocenters. The zero-order valence-electron chi connectivity index (χ0n) is 22.5. The van der Waals surface area contributed by atoms with Gasteiger partial charge in [0.1, 0.15) is 0 Å². The fourth-order valence-electron chi connectivity index (χ4n) is 5.96. The number of hydrogen-bond donors (Lipinski definition) is 1. The van der Waals surface area contributed by atoms with Crippen LogP contribution in [0.4, 0.5) is 0 Å². The lowest BCUT2D eigenvalue weighted by molar-refractivity contribution is 0.262. The van der Waals surface area contributed by atoms with E-state index in [-0.39, 0.29) is 11.7 Å². The molecule has 3 heterocycles. The molecule has 0 spiro atoms. The number of fused-ring (bicyclic) bond motifs is 1. The first kappa shape index (κ1) is 26.6. The molecule has 2 aliphatic heterocycles. The molecule has 8 nitrogen and oxygen atoms in total. The third kappa shape index (κ3) is 5.54. The number of ether oxygens (including phenoxy) is 2. The Labute approximate surface area is 230 Å². The Hall–Kier alpha value is -3.04. The third-order valence-electron chi connectivity index (χ3n) is 7.96. The van der Waals surface area contributed by atoms with E-state index in [9.17, 15) is 4.79 Å². The number of aryl methyl sites for hydroxylation is 1. The second-order valence-corrected chi connectivity index (χ2v) is 10.6. The molecule has 0 aliphatic carbocycles. The summed E-state index contributed by atoms with van der Waals surface area (Å²) in [5.41, 5.74) is 3.21. The Morgan fingerprint density at radius 1 is 0.947 bits per heavy atom. The number of thiocarbonyl (C=S) groups is 1. The first-order chi connectivity index (χ1) is 18.6. The molecule has 0 bridgehead atoms. The Kier molecular flexibility index (Phi) is 8.54. The van der Waals surface area contributed by atoms with Crippen LogP contribution < -0.4 is 20.5 Å². The van der Waals surface area contributed by atoms with Crippen molar-refractivity contribution in [1.29, 1.82) is 0 Å². The van der Waals surface area contributed by atoms with E-state index in [0.717, 1.165) is 72.9 Å². The highest BCUT2D eigenvalue weighted by molar-refractivity contribution is 7.80. The van der Waals surface area contributed by atoms with Crippen LogP contribution in [0, 0.1) is 0 Å². The van der Waals surface area contributed by atoms with Crippen molar-refractivity contribution in [3.63, 3.8) is 0 Å². The molecule has 5 rings (SSSR count). The van der Waals surface area contributed by atoms with Crippen molar-refractivity contribution in [2.75, 3.05) is 46.9 Å². The predicted octanol–water partition coefficient (Wildman–Crippen LogP) is 4.02. The number of nitrogens with zero attached hydrogens (tertiary/aromatic N) is 4. The average Bonchev–Trinajstić information content (AvgIpc) is 3.57. The van der Waals surface area contributed by atoms with E-state index in [1.807, 2.05) is 39.5 Å². The number of imidazole rings is 1. The quantitative estimate of drug-likeness (QED) is 0.414. The summed E-state index contributed by atoms with van der Waals surface area (Å²) in [4.78, 5) is 18.4. The normalized spacial score (nSPS) is 16.7. The summed E-state index contributed by atoms with van der Waals surface area (Å²) in [6.07, 6.45) is 5.36. The molecule has 2 fully saturated rings. The molecule has 0 amide bonds. The highest BCUT2D eigenvalue weighted by atomic mass is 32.1.